The predicted octanol–water partition coefficient (Wildman–Crippen LogP) is 3.35. The summed E-state index contributed by atoms with van der Waals surface area (Å²) in [4.78, 5) is 4.73. The van der Waals surface area contributed by atoms with Crippen LogP contribution in [0.15, 0.2) is 65.2 Å². The Labute approximate surface area is 107 Å². The number of benzene rings is 1. The first kappa shape index (κ1) is 10.9. The van der Waals surface area contributed by atoms with E-state index in [0.717, 1.165) is 16.8 Å². The topological polar surface area (TPSA) is 36.2 Å². The van der Waals surface area contributed by atoms with E-state index in [9.17, 15) is 0 Å². The number of aryl methyl sites for hydroxylation is 1. The van der Waals surface area contributed by atoms with Crippen LogP contribution in [0.3, 0.4) is 0 Å². The highest BCUT2D eigenvalue weighted by Crippen LogP contribution is 2.32. The molecule has 0 aromatic heterocycles. The lowest BCUT2D eigenvalue weighted by molar-refractivity contribution is 0.772. The number of nitrogens with one attached hydrogen (secondary N) is 1. The molecule has 1 aromatic rings. The van der Waals surface area contributed by atoms with Gasteiger partial charge >= 0.3 is 0 Å². The Bertz CT molecular complexity index is 615. The van der Waals surface area contributed by atoms with Gasteiger partial charge in [-0.05, 0) is 30.2 Å². The van der Waals surface area contributed by atoms with E-state index >= 15 is 0 Å². The molecular formula is C16H14N2. The van der Waals surface area contributed by atoms with Gasteiger partial charge in [0.15, 0.2) is 0 Å². The molecule has 2 heteroatoms. The summed E-state index contributed by atoms with van der Waals surface area (Å²) in [5, 5.41) is 7.76. The SMILES string of the molecule is Cc1ccc(C2(C=N)C=CC3=CC=CC3=N2)cc1. The van der Waals surface area contributed by atoms with E-state index in [2.05, 4.69) is 19.1 Å². The lowest BCUT2D eigenvalue weighted by Crippen LogP contribution is -2.26. The van der Waals surface area contributed by atoms with Gasteiger partial charge in [0.05, 0.1) is 5.71 Å². The highest BCUT2D eigenvalue weighted by atomic mass is 14.9. The van der Waals surface area contributed by atoms with E-state index in [0.29, 0.717) is 0 Å². The second-order valence-electron chi connectivity index (χ2n) is 4.65. The molecule has 0 bridgehead atoms. The Morgan fingerprint density at radius 1 is 1.17 bits per heavy atom. The van der Waals surface area contributed by atoms with Gasteiger partial charge in [-0.3, -0.25) is 4.99 Å². The average Bonchev–Trinajstić information content (AvgIpc) is 2.86. The molecule has 1 N–H and O–H groups in total. The molecule has 18 heavy (non-hydrogen) atoms. The fraction of sp³-hybridized carbons (Fsp3) is 0.125. The van der Waals surface area contributed by atoms with E-state index in [-0.39, 0.29) is 0 Å². The molecule has 0 saturated carbocycles. The first-order valence-corrected chi connectivity index (χ1v) is 6.00. The van der Waals surface area contributed by atoms with Crippen molar-refractivity contribution in [3.05, 3.63) is 71.3 Å². The smallest absolute Gasteiger partial charge is 0.139 e. The summed E-state index contributed by atoms with van der Waals surface area (Å²) in [5.74, 6) is 0. The number of nitrogens with zero attached hydrogens (tertiary/aromatic N) is 1. The van der Waals surface area contributed by atoms with Gasteiger partial charge in [-0.15, -0.1) is 0 Å². The van der Waals surface area contributed by atoms with Gasteiger partial charge < -0.3 is 5.41 Å². The second-order valence-corrected chi connectivity index (χ2v) is 4.65. The van der Waals surface area contributed by atoms with Crippen molar-refractivity contribution >= 4 is 11.9 Å². The van der Waals surface area contributed by atoms with Gasteiger partial charge in [-0.25, -0.2) is 0 Å². The largest absolute Gasteiger partial charge is 0.310 e. The van der Waals surface area contributed by atoms with Crippen LogP contribution in [0.5, 0.6) is 0 Å². The number of dihydropyridines is 1. The van der Waals surface area contributed by atoms with Crippen LogP contribution in [0.1, 0.15) is 11.1 Å². The lowest BCUT2D eigenvalue weighted by atomic mass is 9.87. The number of aliphatic imine (C=N–C) groups is 1. The van der Waals surface area contributed by atoms with Crippen molar-refractivity contribution in [1.29, 1.82) is 5.41 Å². The van der Waals surface area contributed by atoms with Crippen LogP contribution in [0, 0.1) is 12.3 Å². The second kappa shape index (κ2) is 3.91. The molecule has 2 aliphatic rings. The Morgan fingerprint density at radius 3 is 2.67 bits per heavy atom. The molecule has 1 aliphatic carbocycles. The van der Waals surface area contributed by atoms with Crippen molar-refractivity contribution in [3.8, 4) is 0 Å². The third-order valence-corrected chi connectivity index (χ3v) is 3.38. The highest BCUT2D eigenvalue weighted by molar-refractivity contribution is 6.14. The van der Waals surface area contributed by atoms with Crippen LogP contribution in [-0.4, -0.2) is 11.9 Å². The molecule has 1 heterocycles. The van der Waals surface area contributed by atoms with Crippen molar-refractivity contribution in [2.45, 2.75) is 12.5 Å². The molecule has 1 atom stereocenters. The van der Waals surface area contributed by atoms with E-state index in [1.807, 2.05) is 42.5 Å². The molecule has 0 radical (unpaired) electrons. The summed E-state index contributed by atoms with van der Waals surface area (Å²) in [7, 11) is 0. The molecule has 1 unspecified atom stereocenters. The van der Waals surface area contributed by atoms with E-state index in [4.69, 9.17) is 10.4 Å². The molecule has 0 fully saturated rings. The van der Waals surface area contributed by atoms with Crippen LogP contribution in [-0.2, 0) is 5.54 Å². The van der Waals surface area contributed by atoms with E-state index in [1.165, 1.54) is 11.8 Å². The molecule has 0 spiro atoms. The average molecular weight is 234 g/mol. The Hall–Kier alpha value is -2.22. The Morgan fingerprint density at radius 2 is 1.94 bits per heavy atom. The minimum atomic E-state index is -0.644. The number of fused-ring (bicyclic) bond motifs is 1. The first-order valence-electron chi connectivity index (χ1n) is 6.00. The Balaban J connectivity index is 2.12. The summed E-state index contributed by atoms with van der Waals surface area (Å²) >= 11 is 0. The zero-order valence-corrected chi connectivity index (χ0v) is 10.2. The van der Waals surface area contributed by atoms with E-state index in [1.54, 1.807) is 0 Å². The summed E-state index contributed by atoms with van der Waals surface area (Å²) in [5.41, 5.74) is 3.69. The zero-order chi connectivity index (χ0) is 12.6. The normalized spacial score (nSPS) is 24.5. The molecule has 1 aromatic carbocycles. The molecule has 3 rings (SSSR count). The van der Waals surface area contributed by atoms with Crippen molar-refractivity contribution in [2.75, 3.05) is 0 Å². The van der Waals surface area contributed by atoms with E-state index < -0.39 is 5.54 Å². The maximum absolute atomic E-state index is 7.76. The van der Waals surface area contributed by atoms with Crippen LogP contribution in [0.25, 0.3) is 0 Å². The van der Waals surface area contributed by atoms with Crippen molar-refractivity contribution in [2.24, 2.45) is 4.99 Å². The Kier molecular flexibility index (Phi) is 2.37. The molecule has 0 saturated heterocycles. The van der Waals surface area contributed by atoms with Gasteiger partial charge in [-0.2, -0.15) is 0 Å². The van der Waals surface area contributed by atoms with Crippen LogP contribution in [0.4, 0.5) is 0 Å². The summed E-state index contributed by atoms with van der Waals surface area (Å²) in [6.45, 7) is 2.06. The van der Waals surface area contributed by atoms with Crippen LogP contribution < -0.4 is 0 Å². The standard InChI is InChI=1S/C16H14N2/c1-12-5-7-14(8-6-12)16(11-17)10-9-13-3-2-4-15(13)18-16/h2-11,17H,1H3. The third kappa shape index (κ3) is 1.58. The molecule has 0 amide bonds. The fourth-order valence-corrected chi connectivity index (χ4v) is 2.27. The summed E-state index contributed by atoms with van der Waals surface area (Å²) in [6, 6.07) is 8.21. The molecular weight excluding hydrogens is 220 g/mol. The monoisotopic (exact) mass is 234 g/mol. The molecule has 2 nitrogen and oxygen atoms in total. The van der Waals surface area contributed by atoms with Crippen LogP contribution in [0.2, 0.25) is 0 Å². The summed E-state index contributed by atoms with van der Waals surface area (Å²) in [6.07, 6.45) is 11.5. The maximum atomic E-state index is 7.76. The van der Waals surface area contributed by atoms with Crippen molar-refractivity contribution in [1.82, 2.24) is 0 Å². The fourth-order valence-electron chi connectivity index (χ4n) is 2.27. The quantitative estimate of drug-likeness (QED) is 0.762. The zero-order valence-electron chi connectivity index (χ0n) is 10.2. The lowest BCUT2D eigenvalue weighted by Gasteiger charge is -2.26. The highest BCUT2D eigenvalue weighted by Gasteiger charge is 2.30. The number of rotatable bonds is 2. The van der Waals surface area contributed by atoms with Gasteiger partial charge in [0.1, 0.15) is 5.54 Å². The summed E-state index contributed by atoms with van der Waals surface area (Å²) < 4.78 is 0. The molecule has 1 aliphatic heterocycles. The number of hydrogen-bond acceptors (Lipinski definition) is 2. The molecule has 88 valence electrons. The van der Waals surface area contributed by atoms with Gasteiger partial charge in [0.2, 0.25) is 0 Å². The maximum Gasteiger partial charge on any atom is 0.139 e. The minimum Gasteiger partial charge on any atom is -0.310 e. The number of hydrogen-bond donors (Lipinski definition) is 1. The van der Waals surface area contributed by atoms with Gasteiger partial charge in [0, 0.05) is 6.21 Å². The first-order chi connectivity index (χ1) is 8.73. The van der Waals surface area contributed by atoms with Gasteiger partial charge in [-0.1, -0.05) is 48.1 Å². The third-order valence-electron chi connectivity index (χ3n) is 3.38. The van der Waals surface area contributed by atoms with Crippen LogP contribution >= 0.6 is 0 Å². The van der Waals surface area contributed by atoms with Crippen molar-refractivity contribution < 1.29 is 0 Å². The predicted molar refractivity (Wildman–Crippen MR) is 75.4 cm³/mol. The number of allylic oxidation sites excluding steroid dienone is 5. The van der Waals surface area contributed by atoms with Gasteiger partial charge in [0.25, 0.3) is 0 Å². The minimum absolute atomic E-state index is 0.644. The van der Waals surface area contributed by atoms with Crippen molar-refractivity contribution in [3.63, 3.8) is 0 Å².